The average Bonchev–Trinajstić information content (AvgIpc) is 2.44. The zero-order chi connectivity index (χ0) is 9.42. The number of nitrogen functional groups attached to an aromatic ring is 1. The van der Waals surface area contributed by atoms with E-state index in [1.165, 1.54) is 11.3 Å². The van der Waals surface area contributed by atoms with Crippen LogP contribution in [0.15, 0.2) is 18.2 Å². The molecule has 1 aromatic heterocycles. The summed E-state index contributed by atoms with van der Waals surface area (Å²) in [5.74, 6) is 0.000556. The Bertz CT molecular complexity index is 510. The van der Waals surface area contributed by atoms with Crippen LogP contribution in [0.25, 0.3) is 10.1 Å². The van der Waals surface area contributed by atoms with Crippen LogP contribution in [0.2, 0.25) is 0 Å². The first-order chi connectivity index (χ1) is 6.24. The molecule has 0 aliphatic heterocycles. The van der Waals surface area contributed by atoms with Gasteiger partial charge in [-0.05, 0) is 12.1 Å². The van der Waals surface area contributed by atoms with E-state index in [0.717, 1.165) is 4.70 Å². The van der Waals surface area contributed by atoms with Gasteiger partial charge in [-0.25, -0.2) is 0 Å². The third-order valence-electron chi connectivity index (χ3n) is 1.82. The summed E-state index contributed by atoms with van der Waals surface area (Å²) >= 11 is 1.25. The molecule has 0 spiro atoms. The molecule has 2 aromatic rings. The predicted molar refractivity (Wildman–Crippen MR) is 52.6 cm³/mol. The largest absolute Gasteiger partial charge is 0.505 e. The molecule has 3 nitrogen and oxygen atoms in total. The summed E-state index contributed by atoms with van der Waals surface area (Å²) in [6.45, 7) is 0. The van der Waals surface area contributed by atoms with Crippen molar-refractivity contribution in [2.45, 2.75) is 0 Å². The summed E-state index contributed by atoms with van der Waals surface area (Å²) in [5.41, 5.74) is 6.17. The van der Waals surface area contributed by atoms with Crippen molar-refractivity contribution in [1.29, 1.82) is 5.26 Å². The van der Waals surface area contributed by atoms with E-state index in [0.29, 0.717) is 16.0 Å². The molecule has 1 heterocycles. The summed E-state index contributed by atoms with van der Waals surface area (Å²) in [6.07, 6.45) is 0. The van der Waals surface area contributed by atoms with E-state index in [2.05, 4.69) is 0 Å². The van der Waals surface area contributed by atoms with Crippen LogP contribution >= 0.6 is 11.3 Å². The standard InChI is InChI=1S/C9H6N2OS/c10-4-7-9(12)8-5(11)2-1-3-6(8)13-7/h1-3,12H,11H2. The number of aromatic hydroxyl groups is 1. The van der Waals surface area contributed by atoms with Crippen LogP contribution in [-0.4, -0.2) is 5.11 Å². The first-order valence-corrected chi connectivity index (χ1v) is 4.45. The molecular formula is C9H6N2OS. The van der Waals surface area contributed by atoms with E-state index < -0.39 is 0 Å². The molecule has 2 rings (SSSR count). The summed E-state index contributed by atoms with van der Waals surface area (Å²) in [6, 6.07) is 7.26. The first-order valence-electron chi connectivity index (χ1n) is 3.64. The molecule has 0 fully saturated rings. The van der Waals surface area contributed by atoms with Crippen LogP contribution in [0.4, 0.5) is 5.69 Å². The molecule has 3 N–H and O–H groups in total. The Balaban J connectivity index is 2.95. The van der Waals surface area contributed by atoms with Crippen molar-refractivity contribution in [2.75, 3.05) is 5.73 Å². The predicted octanol–water partition coefficient (Wildman–Crippen LogP) is 2.06. The highest BCUT2D eigenvalue weighted by Crippen LogP contribution is 2.39. The molecule has 0 atom stereocenters. The van der Waals surface area contributed by atoms with Gasteiger partial charge < -0.3 is 10.8 Å². The third-order valence-corrected chi connectivity index (χ3v) is 2.87. The molecule has 0 saturated heterocycles. The van der Waals surface area contributed by atoms with Gasteiger partial charge in [-0.2, -0.15) is 5.26 Å². The Morgan fingerprint density at radius 1 is 1.46 bits per heavy atom. The van der Waals surface area contributed by atoms with Gasteiger partial charge in [0.15, 0.2) is 5.75 Å². The number of thiophene rings is 1. The molecule has 13 heavy (non-hydrogen) atoms. The van der Waals surface area contributed by atoms with Gasteiger partial charge in [-0.3, -0.25) is 0 Å². The number of rotatable bonds is 0. The Labute approximate surface area is 78.6 Å². The minimum atomic E-state index is 0.000556. The van der Waals surface area contributed by atoms with Crippen molar-refractivity contribution >= 4 is 27.1 Å². The van der Waals surface area contributed by atoms with E-state index in [1.807, 2.05) is 12.1 Å². The van der Waals surface area contributed by atoms with Crippen LogP contribution in [0.3, 0.4) is 0 Å². The highest BCUT2D eigenvalue weighted by atomic mass is 32.1. The third kappa shape index (κ3) is 1.02. The minimum Gasteiger partial charge on any atom is -0.505 e. The first kappa shape index (κ1) is 7.90. The number of nitrogens with zero attached hydrogens (tertiary/aromatic N) is 1. The van der Waals surface area contributed by atoms with Gasteiger partial charge in [0.1, 0.15) is 10.9 Å². The van der Waals surface area contributed by atoms with Crippen LogP contribution in [-0.2, 0) is 0 Å². The van der Waals surface area contributed by atoms with Gasteiger partial charge in [0.25, 0.3) is 0 Å². The topological polar surface area (TPSA) is 70.0 Å². The molecule has 0 amide bonds. The van der Waals surface area contributed by atoms with E-state index in [4.69, 9.17) is 11.0 Å². The molecule has 0 aliphatic rings. The quantitative estimate of drug-likeness (QED) is 0.624. The second kappa shape index (κ2) is 2.64. The SMILES string of the molecule is N#Cc1sc2cccc(N)c2c1O. The fraction of sp³-hybridized carbons (Fsp3) is 0. The second-order valence-corrected chi connectivity index (χ2v) is 3.66. The van der Waals surface area contributed by atoms with Crippen molar-refractivity contribution < 1.29 is 5.11 Å². The number of nitrogens with two attached hydrogens (primary N) is 1. The molecule has 64 valence electrons. The maximum Gasteiger partial charge on any atom is 0.154 e. The molecular weight excluding hydrogens is 184 g/mol. The lowest BCUT2D eigenvalue weighted by Gasteiger charge is -1.94. The maximum absolute atomic E-state index is 9.58. The number of fused-ring (bicyclic) bond motifs is 1. The minimum absolute atomic E-state index is 0.000556. The van der Waals surface area contributed by atoms with Crippen LogP contribution < -0.4 is 5.73 Å². The molecule has 0 aliphatic carbocycles. The maximum atomic E-state index is 9.58. The zero-order valence-electron chi connectivity index (χ0n) is 6.61. The van der Waals surface area contributed by atoms with Crippen LogP contribution in [0, 0.1) is 11.3 Å². The highest BCUT2D eigenvalue weighted by molar-refractivity contribution is 7.20. The molecule has 4 heteroatoms. The molecule has 0 bridgehead atoms. The van der Waals surface area contributed by atoms with Crippen molar-refractivity contribution in [3.8, 4) is 11.8 Å². The number of benzene rings is 1. The Kier molecular flexibility index (Phi) is 1.61. The molecule has 1 aromatic carbocycles. The summed E-state index contributed by atoms with van der Waals surface area (Å²) in [5, 5.41) is 18.8. The van der Waals surface area contributed by atoms with E-state index in [1.54, 1.807) is 12.1 Å². The fourth-order valence-corrected chi connectivity index (χ4v) is 2.16. The number of anilines is 1. The van der Waals surface area contributed by atoms with Gasteiger partial charge in [-0.15, -0.1) is 11.3 Å². The number of hydrogen-bond acceptors (Lipinski definition) is 4. The number of hydrogen-bond donors (Lipinski definition) is 2. The van der Waals surface area contributed by atoms with E-state index in [9.17, 15) is 5.11 Å². The highest BCUT2D eigenvalue weighted by Gasteiger charge is 2.12. The van der Waals surface area contributed by atoms with Crippen molar-refractivity contribution in [1.82, 2.24) is 0 Å². The lowest BCUT2D eigenvalue weighted by atomic mass is 10.2. The number of nitriles is 1. The second-order valence-electron chi connectivity index (χ2n) is 2.61. The van der Waals surface area contributed by atoms with Gasteiger partial charge in [0.05, 0.1) is 5.39 Å². The summed E-state index contributed by atoms with van der Waals surface area (Å²) < 4.78 is 0.842. The summed E-state index contributed by atoms with van der Waals surface area (Å²) in [4.78, 5) is 0.313. The fourth-order valence-electron chi connectivity index (χ4n) is 1.23. The normalized spacial score (nSPS) is 10.1. The van der Waals surface area contributed by atoms with Crippen molar-refractivity contribution in [3.05, 3.63) is 23.1 Å². The summed E-state index contributed by atoms with van der Waals surface area (Å²) in [7, 11) is 0. The lowest BCUT2D eigenvalue weighted by Crippen LogP contribution is -1.83. The average molecular weight is 190 g/mol. The molecule has 0 radical (unpaired) electrons. The molecule has 0 unspecified atom stereocenters. The zero-order valence-corrected chi connectivity index (χ0v) is 7.43. The van der Waals surface area contributed by atoms with Crippen molar-refractivity contribution in [3.63, 3.8) is 0 Å². The van der Waals surface area contributed by atoms with Crippen LogP contribution in [0.1, 0.15) is 4.88 Å². The van der Waals surface area contributed by atoms with Gasteiger partial charge >= 0.3 is 0 Å². The van der Waals surface area contributed by atoms with Gasteiger partial charge in [-0.1, -0.05) is 6.07 Å². The van der Waals surface area contributed by atoms with E-state index >= 15 is 0 Å². The van der Waals surface area contributed by atoms with E-state index in [-0.39, 0.29) is 5.75 Å². The molecule has 0 saturated carbocycles. The Morgan fingerprint density at radius 3 is 2.85 bits per heavy atom. The smallest absolute Gasteiger partial charge is 0.154 e. The van der Waals surface area contributed by atoms with Gasteiger partial charge in [0, 0.05) is 10.4 Å². The lowest BCUT2D eigenvalue weighted by molar-refractivity contribution is 0.482. The van der Waals surface area contributed by atoms with Crippen molar-refractivity contribution in [2.24, 2.45) is 0 Å². The van der Waals surface area contributed by atoms with Crippen LogP contribution in [0.5, 0.6) is 5.75 Å². The monoisotopic (exact) mass is 190 g/mol. The van der Waals surface area contributed by atoms with Gasteiger partial charge in [0.2, 0.25) is 0 Å². The Hall–Kier alpha value is -1.73. The Morgan fingerprint density at radius 2 is 2.23 bits per heavy atom.